The van der Waals surface area contributed by atoms with Crippen molar-refractivity contribution in [1.29, 1.82) is 0 Å². The molecule has 0 aromatic heterocycles. The lowest BCUT2D eigenvalue weighted by molar-refractivity contribution is -0.138. The predicted molar refractivity (Wildman–Crippen MR) is 167 cm³/mol. The first-order chi connectivity index (χ1) is 21.1. The van der Waals surface area contributed by atoms with Crippen LogP contribution >= 0.6 is 0 Å². The first-order valence-corrected chi connectivity index (χ1v) is 16.5. The van der Waals surface area contributed by atoms with Gasteiger partial charge in [-0.25, -0.2) is 19.2 Å². The number of alkyl carbamates (subject to hydrolysis) is 2. The molecule has 3 rings (SSSR count). The molecule has 10 nitrogen and oxygen atoms in total. The average molecular weight is 619 g/mol. The number of hydrogen-bond donors (Lipinski definition) is 2. The highest BCUT2D eigenvalue weighted by Gasteiger charge is 2.55. The topological polar surface area (TPSA) is 129 Å². The van der Waals surface area contributed by atoms with Crippen molar-refractivity contribution in [3.63, 3.8) is 0 Å². The lowest BCUT2D eigenvalue weighted by Crippen LogP contribution is -2.38. The summed E-state index contributed by atoms with van der Waals surface area (Å²) in [5.41, 5.74) is -0.0392. The van der Waals surface area contributed by atoms with E-state index in [2.05, 4.69) is 37.6 Å². The Hall–Kier alpha value is -3.04. The van der Waals surface area contributed by atoms with Crippen LogP contribution < -0.4 is 10.6 Å². The zero-order valence-corrected chi connectivity index (χ0v) is 26.9. The van der Waals surface area contributed by atoms with E-state index >= 15 is 0 Å². The van der Waals surface area contributed by atoms with Gasteiger partial charge in [0.2, 0.25) is 0 Å². The van der Waals surface area contributed by atoms with Gasteiger partial charge in [-0.05, 0) is 101 Å². The predicted octanol–water partition coefficient (Wildman–Crippen LogP) is 6.10. The van der Waals surface area contributed by atoms with Crippen molar-refractivity contribution in [2.24, 2.45) is 34.5 Å². The largest absolute Gasteiger partial charge is 0.463 e. The van der Waals surface area contributed by atoms with E-state index in [0.717, 1.165) is 82.8 Å². The molecule has 248 valence electrons. The Kier molecular flexibility index (Phi) is 14.1. The molecule has 0 aromatic carbocycles. The van der Waals surface area contributed by atoms with Crippen molar-refractivity contribution >= 4 is 24.1 Å². The molecule has 3 saturated carbocycles. The molecule has 2 amide bonds. The lowest BCUT2D eigenvalue weighted by Gasteiger charge is -2.41. The fourth-order valence-electron chi connectivity index (χ4n) is 7.69. The Labute approximate surface area is 263 Å². The molecule has 44 heavy (non-hydrogen) atoms. The van der Waals surface area contributed by atoms with E-state index in [1.54, 1.807) is 0 Å². The number of hydrogen-bond acceptors (Lipinski definition) is 8. The molecule has 0 heterocycles. The zero-order valence-electron chi connectivity index (χ0n) is 26.9. The van der Waals surface area contributed by atoms with Gasteiger partial charge in [-0.1, -0.05) is 27.0 Å². The highest BCUT2D eigenvalue weighted by atomic mass is 16.6. The molecule has 3 aliphatic rings. The average Bonchev–Trinajstić information content (AvgIpc) is 3.26. The fourth-order valence-corrected chi connectivity index (χ4v) is 7.69. The molecule has 0 radical (unpaired) electrons. The molecule has 10 heteroatoms. The van der Waals surface area contributed by atoms with Gasteiger partial charge in [-0.15, -0.1) is 0 Å². The molecule has 6 atom stereocenters. The third kappa shape index (κ3) is 11.5. The highest BCUT2D eigenvalue weighted by molar-refractivity contribution is 5.81. The van der Waals surface area contributed by atoms with Crippen LogP contribution in [-0.2, 0) is 28.5 Å². The first kappa shape index (κ1) is 35.4. The minimum absolute atomic E-state index is 0.0165. The van der Waals surface area contributed by atoms with Crippen LogP contribution in [0.15, 0.2) is 25.3 Å². The number of carbonyl (C=O) groups excluding carboxylic acids is 4. The maximum atomic E-state index is 12.4. The van der Waals surface area contributed by atoms with Crippen molar-refractivity contribution in [2.75, 3.05) is 39.5 Å². The molecule has 0 spiro atoms. The Bertz CT molecular complexity index is 1000. The summed E-state index contributed by atoms with van der Waals surface area (Å²) in [6.45, 7) is 13.9. The van der Waals surface area contributed by atoms with Gasteiger partial charge < -0.3 is 29.6 Å². The second-order valence-electron chi connectivity index (χ2n) is 13.7. The summed E-state index contributed by atoms with van der Waals surface area (Å²) in [5, 5.41) is 5.70. The van der Waals surface area contributed by atoms with Crippen molar-refractivity contribution < 1.29 is 38.1 Å². The summed E-state index contributed by atoms with van der Waals surface area (Å²) in [4.78, 5) is 46.8. The third-order valence-corrected chi connectivity index (χ3v) is 9.79. The van der Waals surface area contributed by atoms with E-state index in [1.165, 1.54) is 6.42 Å². The van der Waals surface area contributed by atoms with Gasteiger partial charge in [0, 0.05) is 36.1 Å². The lowest BCUT2D eigenvalue weighted by atomic mass is 9.65. The van der Waals surface area contributed by atoms with Crippen LogP contribution in [0.4, 0.5) is 9.59 Å². The van der Waals surface area contributed by atoms with Crippen LogP contribution in [0.2, 0.25) is 0 Å². The summed E-state index contributed by atoms with van der Waals surface area (Å²) in [7, 11) is 0. The third-order valence-electron chi connectivity index (χ3n) is 9.79. The van der Waals surface area contributed by atoms with Crippen LogP contribution in [0.5, 0.6) is 0 Å². The number of esters is 2. The summed E-state index contributed by atoms with van der Waals surface area (Å²) < 4.78 is 21.3. The molecular weight excluding hydrogens is 564 g/mol. The van der Waals surface area contributed by atoms with E-state index in [0.29, 0.717) is 63.2 Å². The molecule has 0 saturated heterocycles. The minimum atomic E-state index is -0.412. The van der Waals surface area contributed by atoms with Gasteiger partial charge in [-0.3, -0.25) is 0 Å². The highest BCUT2D eigenvalue weighted by Crippen LogP contribution is 2.62. The van der Waals surface area contributed by atoms with E-state index < -0.39 is 11.9 Å². The molecule has 3 fully saturated rings. The fraction of sp³-hybridized carbons (Fsp3) is 0.765. The summed E-state index contributed by atoms with van der Waals surface area (Å²) in [6, 6.07) is 0. The Morgan fingerprint density at radius 3 is 1.70 bits per heavy atom. The molecule has 3 aliphatic carbocycles. The maximum absolute atomic E-state index is 12.4. The van der Waals surface area contributed by atoms with Crippen molar-refractivity contribution in [3.05, 3.63) is 25.3 Å². The van der Waals surface area contributed by atoms with Gasteiger partial charge in [0.25, 0.3) is 0 Å². The SMILES string of the molecule is C=CC(=O)OCCCCCNC(=O)OCC1(C)CC2CC(C1)C1CC(C)(COC(=O)NCCCCCOC(=O)C=C)CCC21. The minimum Gasteiger partial charge on any atom is -0.463 e. The van der Waals surface area contributed by atoms with Crippen LogP contribution in [0.1, 0.15) is 90.9 Å². The van der Waals surface area contributed by atoms with E-state index in [4.69, 9.17) is 18.9 Å². The van der Waals surface area contributed by atoms with E-state index in [-0.39, 0.29) is 23.0 Å². The summed E-state index contributed by atoms with van der Waals surface area (Å²) in [6.07, 6.45) is 13.1. The van der Waals surface area contributed by atoms with Crippen LogP contribution in [0, 0.1) is 34.5 Å². The van der Waals surface area contributed by atoms with E-state index in [1.807, 2.05) is 0 Å². The second kappa shape index (κ2) is 17.4. The molecule has 6 unspecified atom stereocenters. The quantitative estimate of drug-likeness (QED) is 0.0817. The van der Waals surface area contributed by atoms with Gasteiger partial charge in [-0.2, -0.15) is 0 Å². The second-order valence-corrected chi connectivity index (χ2v) is 13.7. The number of unbranched alkanes of at least 4 members (excludes halogenated alkanes) is 4. The van der Waals surface area contributed by atoms with Crippen molar-refractivity contribution in [3.8, 4) is 0 Å². The molecule has 2 bridgehead atoms. The Morgan fingerprint density at radius 2 is 1.18 bits per heavy atom. The van der Waals surface area contributed by atoms with E-state index in [9.17, 15) is 19.2 Å². The molecule has 0 aromatic rings. The summed E-state index contributed by atoms with van der Waals surface area (Å²) >= 11 is 0. The van der Waals surface area contributed by atoms with Gasteiger partial charge in [0.05, 0.1) is 26.4 Å². The first-order valence-electron chi connectivity index (χ1n) is 16.5. The van der Waals surface area contributed by atoms with Crippen molar-refractivity contribution in [2.45, 2.75) is 90.9 Å². The number of nitrogens with one attached hydrogen (secondary N) is 2. The van der Waals surface area contributed by atoms with Crippen LogP contribution in [0.3, 0.4) is 0 Å². The van der Waals surface area contributed by atoms with Gasteiger partial charge in [0.15, 0.2) is 0 Å². The van der Waals surface area contributed by atoms with Crippen molar-refractivity contribution in [1.82, 2.24) is 10.6 Å². The zero-order chi connectivity index (χ0) is 32.0. The Balaban J connectivity index is 1.31. The monoisotopic (exact) mass is 618 g/mol. The molecular formula is C34H54N2O8. The maximum Gasteiger partial charge on any atom is 0.407 e. The summed E-state index contributed by atoms with van der Waals surface area (Å²) in [5.74, 6) is 1.79. The molecule has 0 aliphatic heterocycles. The normalized spacial score (nSPS) is 28.6. The number of amides is 2. The van der Waals surface area contributed by atoms with Gasteiger partial charge >= 0.3 is 24.1 Å². The van der Waals surface area contributed by atoms with Crippen LogP contribution in [0.25, 0.3) is 0 Å². The number of rotatable bonds is 18. The van der Waals surface area contributed by atoms with Crippen LogP contribution in [-0.4, -0.2) is 63.6 Å². The number of fused-ring (bicyclic) bond motifs is 5. The molecule has 2 N–H and O–H groups in total. The Morgan fingerprint density at radius 1 is 0.682 bits per heavy atom. The number of ether oxygens (including phenoxy) is 4. The van der Waals surface area contributed by atoms with Gasteiger partial charge in [0.1, 0.15) is 0 Å². The number of carbonyl (C=O) groups is 4. The smallest absolute Gasteiger partial charge is 0.407 e. The standard InChI is InChI=1S/C34H54N2O8/c1-5-29(37)41-17-11-7-9-15-35-31(39)43-23-33(3)14-13-27-25-19-26(28(27)22-33)21-34(4,20-25)24-44-32(40)36-16-10-8-12-18-42-30(38)6-2/h5-6,25-28H,1-2,7-24H2,3-4H3,(H,35,39)(H,36,40).